The highest BCUT2D eigenvalue weighted by Gasteiger charge is 2.25. The Labute approximate surface area is 166 Å². The van der Waals surface area contributed by atoms with E-state index in [0.29, 0.717) is 5.69 Å². The van der Waals surface area contributed by atoms with Crippen LogP contribution in [0.25, 0.3) is 11.4 Å². The Morgan fingerprint density at radius 1 is 1.04 bits per heavy atom. The lowest BCUT2D eigenvalue weighted by molar-refractivity contribution is 0.0934. The van der Waals surface area contributed by atoms with Gasteiger partial charge >= 0.3 is 0 Å². The number of nitrogens with zero attached hydrogens (tertiary/aromatic N) is 2. The Hall–Kier alpha value is -2.88. The van der Waals surface area contributed by atoms with Gasteiger partial charge in [0.05, 0.1) is 11.7 Å². The van der Waals surface area contributed by atoms with Crippen LogP contribution < -0.4 is 5.32 Å². The monoisotopic (exact) mass is 373 g/mol. The molecule has 4 heteroatoms. The van der Waals surface area contributed by atoms with Gasteiger partial charge in [-0.05, 0) is 38.7 Å². The molecule has 1 aliphatic rings. The Morgan fingerprint density at radius 3 is 2.54 bits per heavy atom. The first-order chi connectivity index (χ1) is 13.6. The van der Waals surface area contributed by atoms with Gasteiger partial charge in [0.25, 0.3) is 5.91 Å². The fourth-order valence-corrected chi connectivity index (χ4v) is 3.91. The fourth-order valence-electron chi connectivity index (χ4n) is 3.91. The first-order valence-electron chi connectivity index (χ1n) is 10.2. The Balaban J connectivity index is 1.68. The first kappa shape index (κ1) is 18.5. The lowest BCUT2D eigenvalue weighted by atomic mass is 10.1. The summed E-state index contributed by atoms with van der Waals surface area (Å²) in [7, 11) is 0. The molecule has 1 aromatic heterocycles. The summed E-state index contributed by atoms with van der Waals surface area (Å²) in [5.74, 6) is 0.828. The molecule has 0 radical (unpaired) electrons. The van der Waals surface area contributed by atoms with Crippen LogP contribution in [0.1, 0.15) is 59.5 Å². The second kappa shape index (κ2) is 8.01. The van der Waals surface area contributed by atoms with Crippen LogP contribution >= 0.6 is 0 Å². The number of benzene rings is 2. The van der Waals surface area contributed by atoms with Gasteiger partial charge in [0, 0.05) is 12.1 Å². The summed E-state index contributed by atoms with van der Waals surface area (Å²) in [5, 5.41) is 3.14. The molecule has 28 heavy (non-hydrogen) atoms. The Bertz CT molecular complexity index is 958. The van der Waals surface area contributed by atoms with Crippen molar-refractivity contribution in [1.82, 2.24) is 14.9 Å². The molecule has 144 valence electrons. The number of fused-ring (bicyclic) bond motifs is 1. The second-order valence-electron chi connectivity index (χ2n) is 7.66. The van der Waals surface area contributed by atoms with E-state index >= 15 is 0 Å². The summed E-state index contributed by atoms with van der Waals surface area (Å²) in [5.41, 5.74) is 5.05. The van der Waals surface area contributed by atoms with Crippen LogP contribution in [0.15, 0.2) is 54.6 Å². The number of carbonyl (C=O) groups is 1. The minimum atomic E-state index is -0.0830. The van der Waals surface area contributed by atoms with Crippen LogP contribution in [0.2, 0.25) is 0 Å². The van der Waals surface area contributed by atoms with Crippen LogP contribution in [-0.4, -0.2) is 15.5 Å². The maximum Gasteiger partial charge on any atom is 0.272 e. The highest BCUT2D eigenvalue weighted by molar-refractivity contribution is 5.94. The molecule has 4 rings (SSSR count). The number of amides is 1. The fraction of sp³-hybridized carbons (Fsp3) is 0.333. The van der Waals surface area contributed by atoms with Gasteiger partial charge < -0.3 is 9.88 Å². The van der Waals surface area contributed by atoms with Crippen molar-refractivity contribution in [3.8, 4) is 11.4 Å². The molecule has 0 saturated carbocycles. The molecular weight excluding hydrogens is 346 g/mol. The van der Waals surface area contributed by atoms with Crippen molar-refractivity contribution < 1.29 is 4.79 Å². The molecule has 1 N–H and O–H groups in total. The number of hydrogen-bond donors (Lipinski definition) is 1. The molecule has 2 aromatic carbocycles. The van der Waals surface area contributed by atoms with Crippen molar-refractivity contribution >= 4 is 5.91 Å². The van der Waals surface area contributed by atoms with Gasteiger partial charge in [0.1, 0.15) is 11.5 Å². The highest BCUT2D eigenvalue weighted by atomic mass is 16.2. The number of aryl methyl sites for hydroxylation is 1. The number of nitrogens with one attached hydrogen (secondary N) is 1. The lowest BCUT2D eigenvalue weighted by Crippen LogP contribution is -2.28. The normalized spacial score (nSPS) is 14.8. The number of carbonyl (C=O) groups excluding carboxylic acids is 1. The van der Waals surface area contributed by atoms with E-state index in [1.54, 1.807) is 0 Å². The van der Waals surface area contributed by atoms with Crippen LogP contribution in [0.4, 0.5) is 0 Å². The minimum Gasteiger partial charge on any atom is -0.344 e. The summed E-state index contributed by atoms with van der Waals surface area (Å²) in [6.45, 7) is 5.02. The van der Waals surface area contributed by atoms with Crippen molar-refractivity contribution in [1.29, 1.82) is 0 Å². The molecule has 2 heterocycles. The van der Waals surface area contributed by atoms with Gasteiger partial charge in [-0.3, -0.25) is 4.79 Å². The topological polar surface area (TPSA) is 46.9 Å². The van der Waals surface area contributed by atoms with E-state index in [4.69, 9.17) is 4.98 Å². The maximum atomic E-state index is 13.1. The van der Waals surface area contributed by atoms with Gasteiger partial charge in [0.15, 0.2) is 0 Å². The number of rotatable bonds is 4. The van der Waals surface area contributed by atoms with E-state index in [1.165, 1.54) is 12.0 Å². The highest BCUT2D eigenvalue weighted by Crippen LogP contribution is 2.28. The number of imidazole rings is 1. The summed E-state index contributed by atoms with van der Waals surface area (Å²) in [6.07, 6.45) is 4.33. The largest absolute Gasteiger partial charge is 0.344 e. The van der Waals surface area contributed by atoms with Crippen molar-refractivity contribution in [2.24, 2.45) is 0 Å². The van der Waals surface area contributed by atoms with E-state index in [1.807, 2.05) is 37.3 Å². The summed E-state index contributed by atoms with van der Waals surface area (Å²) in [4.78, 5) is 18.0. The molecular formula is C24H27N3O. The molecule has 0 fully saturated rings. The Morgan fingerprint density at radius 2 is 1.79 bits per heavy atom. The number of hydrogen-bond acceptors (Lipinski definition) is 2. The van der Waals surface area contributed by atoms with E-state index in [9.17, 15) is 4.79 Å². The zero-order chi connectivity index (χ0) is 19.5. The molecule has 1 amide bonds. The zero-order valence-corrected chi connectivity index (χ0v) is 16.6. The second-order valence-corrected chi connectivity index (χ2v) is 7.66. The average molecular weight is 374 g/mol. The maximum absolute atomic E-state index is 13.1. The van der Waals surface area contributed by atoms with Crippen molar-refractivity contribution in [3.63, 3.8) is 0 Å². The van der Waals surface area contributed by atoms with E-state index in [2.05, 4.69) is 41.1 Å². The molecule has 1 unspecified atom stereocenters. The van der Waals surface area contributed by atoms with Crippen LogP contribution in [0, 0.1) is 6.92 Å². The van der Waals surface area contributed by atoms with E-state index in [-0.39, 0.29) is 11.9 Å². The van der Waals surface area contributed by atoms with Gasteiger partial charge in [0.2, 0.25) is 0 Å². The molecule has 3 aromatic rings. The van der Waals surface area contributed by atoms with E-state index < -0.39 is 0 Å². The molecule has 0 bridgehead atoms. The molecule has 1 atom stereocenters. The van der Waals surface area contributed by atoms with Crippen molar-refractivity contribution in [3.05, 3.63) is 77.1 Å². The van der Waals surface area contributed by atoms with Crippen LogP contribution in [0.5, 0.6) is 0 Å². The van der Waals surface area contributed by atoms with Gasteiger partial charge in [-0.1, -0.05) is 66.6 Å². The smallest absolute Gasteiger partial charge is 0.272 e. The quantitative estimate of drug-likeness (QED) is 0.693. The lowest BCUT2D eigenvalue weighted by Gasteiger charge is -2.14. The number of aromatic nitrogens is 2. The predicted octanol–water partition coefficient (Wildman–Crippen LogP) is 5.08. The summed E-state index contributed by atoms with van der Waals surface area (Å²) >= 11 is 0. The van der Waals surface area contributed by atoms with Crippen molar-refractivity contribution in [2.75, 3.05) is 0 Å². The zero-order valence-electron chi connectivity index (χ0n) is 16.6. The van der Waals surface area contributed by atoms with E-state index in [0.717, 1.165) is 48.5 Å². The van der Waals surface area contributed by atoms with Crippen LogP contribution in [-0.2, 0) is 13.0 Å². The molecule has 0 spiro atoms. The SMILES string of the molecule is Cc1ccc(-c2nc(C(=O)NC(C)c3ccccc3)c3n2CCCCC3)cc1. The molecule has 4 nitrogen and oxygen atoms in total. The van der Waals surface area contributed by atoms with Gasteiger partial charge in [-0.25, -0.2) is 4.98 Å². The van der Waals surface area contributed by atoms with Gasteiger partial charge in [-0.2, -0.15) is 0 Å². The summed E-state index contributed by atoms with van der Waals surface area (Å²) < 4.78 is 2.26. The standard InChI is InChI=1S/C24H27N3O/c1-17-12-14-20(15-13-17)23-26-22(21-11-7-4-8-16-27(21)23)24(28)25-18(2)19-9-5-3-6-10-19/h3,5-6,9-10,12-15,18H,4,7-8,11,16H2,1-2H3,(H,25,28). The molecule has 1 aliphatic heterocycles. The molecule has 0 saturated heterocycles. The predicted molar refractivity (Wildman–Crippen MR) is 112 cm³/mol. The van der Waals surface area contributed by atoms with Crippen molar-refractivity contribution in [2.45, 2.75) is 52.1 Å². The summed E-state index contributed by atoms with van der Waals surface area (Å²) in [6, 6.07) is 18.4. The average Bonchev–Trinajstić information content (AvgIpc) is 2.90. The van der Waals surface area contributed by atoms with Crippen LogP contribution in [0.3, 0.4) is 0 Å². The third-order valence-electron chi connectivity index (χ3n) is 5.54. The minimum absolute atomic E-state index is 0.0559. The third kappa shape index (κ3) is 3.72. The first-order valence-corrected chi connectivity index (χ1v) is 10.2. The van der Waals surface area contributed by atoms with Gasteiger partial charge in [-0.15, -0.1) is 0 Å². The third-order valence-corrected chi connectivity index (χ3v) is 5.54. The Kier molecular flexibility index (Phi) is 5.29. The molecule has 0 aliphatic carbocycles.